The molecule has 0 radical (unpaired) electrons. The lowest BCUT2D eigenvalue weighted by atomic mass is 10.0. The molecule has 0 saturated carbocycles. The number of hydrogen-bond donors (Lipinski definition) is 2. The Morgan fingerprint density at radius 1 is 1.43 bits per heavy atom. The molecule has 0 fully saturated rings. The van der Waals surface area contributed by atoms with Gasteiger partial charge in [0.15, 0.2) is 6.61 Å². The largest absolute Gasteiger partial charge is 0.484 e. The summed E-state index contributed by atoms with van der Waals surface area (Å²) < 4.78 is 18.1. The molecule has 1 atom stereocenters. The molecule has 7 heteroatoms. The summed E-state index contributed by atoms with van der Waals surface area (Å²) in [4.78, 5) is 22.7. The molecular formula is C14H17ClFNO4. The van der Waals surface area contributed by atoms with E-state index in [0.717, 1.165) is 6.07 Å². The van der Waals surface area contributed by atoms with Crippen LogP contribution in [0.1, 0.15) is 20.3 Å². The van der Waals surface area contributed by atoms with E-state index in [1.165, 1.54) is 12.1 Å². The second kappa shape index (κ2) is 7.83. The van der Waals surface area contributed by atoms with Crippen LogP contribution < -0.4 is 10.1 Å². The average Bonchev–Trinajstić information content (AvgIpc) is 2.38. The molecule has 1 aromatic carbocycles. The van der Waals surface area contributed by atoms with Crippen molar-refractivity contribution in [1.29, 1.82) is 0 Å². The first kappa shape index (κ1) is 17.2. The summed E-state index contributed by atoms with van der Waals surface area (Å²) in [7, 11) is 0. The highest BCUT2D eigenvalue weighted by Gasteiger charge is 2.21. The number of carboxylic acids is 1. The Balaban J connectivity index is 2.52. The third kappa shape index (κ3) is 5.99. The third-order valence-corrected chi connectivity index (χ3v) is 2.89. The van der Waals surface area contributed by atoms with Crippen molar-refractivity contribution in [2.45, 2.75) is 26.3 Å². The summed E-state index contributed by atoms with van der Waals surface area (Å²) in [6, 6.07) is 2.73. The third-order valence-electron chi connectivity index (χ3n) is 2.60. The molecule has 0 aliphatic carbocycles. The van der Waals surface area contributed by atoms with Crippen LogP contribution in [-0.2, 0) is 9.59 Å². The van der Waals surface area contributed by atoms with Gasteiger partial charge in [0.2, 0.25) is 0 Å². The molecule has 0 bridgehead atoms. The van der Waals surface area contributed by atoms with E-state index in [0.29, 0.717) is 6.42 Å². The van der Waals surface area contributed by atoms with Crippen molar-refractivity contribution in [3.05, 3.63) is 29.0 Å². The lowest BCUT2D eigenvalue weighted by molar-refractivity contribution is -0.142. The van der Waals surface area contributed by atoms with Crippen LogP contribution in [0, 0.1) is 11.7 Å². The van der Waals surface area contributed by atoms with Gasteiger partial charge in [-0.2, -0.15) is 0 Å². The smallest absolute Gasteiger partial charge is 0.326 e. The van der Waals surface area contributed by atoms with Gasteiger partial charge in [0, 0.05) is 6.07 Å². The van der Waals surface area contributed by atoms with Gasteiger partial charge in [0.25, 0.3) is 5.91 Å². The number of halogens is 2. The van der Waals surface area contributed by atoms with Crippen LogP contribution in [0.3, 0.4) is 0 Å². The van der Waals surface area contributed by atoms with Crippen molar-refractivity contribution in [2.75, 3.05) is 6.61 Å². The number of aliphatic carboxylic acids is 1. The number of carbonyl (C=O) groups is 2. The fourth-order valence-corrected chi connectivity index (χ4v) is 1.81. The summed E-state index contributed by atoms with van der Waals surface area (Å²) >= 11 is 5.58. The molecule has 116 valence electrons. The number of ether oxygens (including phenoxy) is 1. The highest BCUT2D eigenvalue weighted by Crippen LogP contribution is 2.20. The van der Waals surface area contributed by atoms with Crippen LogP contribution in [0.4, 0.5) is 4.39 Å². The Labute approximate surface area is 127 Å². The summed E-state index contributed by atoms with van der Waals surface area (Å²) in [5, 5.41) is 11.3. The summed E-state index contributed by atoms with van der Waals surface area (Å²) in [5.74, 6) is -1.89. The quantitative estimate of drug-likeness (QED) is 0.810. The zero-order valence-corrected chi connectivity index (χ0v) is 12.5. The second-order valence-corrected chi connectivity index (χ2v) is 5.36. The highest BCUT2D eigenvalue weighted by molar-refractivity contribution is 6.30. The maximum absolute atomic E-state index is 12.9. The summed E-state index contributed by atoms with van der Waals surface area (Å²) in [6.07, 6.45) is 0.323. The van der Waals surface area contributed by atoms with Gasteiger partial charge >= 0.3 is 5.97 Å². The first-order valence-electron chi connectivity index (χ1n) is 6.39. The molecule has 2 N–H and O–H groups in total. The lowest BCUT2D eigenvalue weighted by Gasteiger charge is -2.16. The van der Waals surface area contributed by atoms with E-state index in [1.54, 1.807) is 0 Å². The van der Waals surface area contributed by atoms with E-state index in [2.05, 4.69) is 5.32 Å². The molecule has 21 heavy (non-hydrogen) atoms. The Morgan fingerprint density at radius 3 is 2.62 bits per heavy atom. The number of carboxylic acid groups (broad SMARTS) is 1. The molecular weight excluding hydrogens is 301 g/mol. The molecule has 1 aromatic rings. The minimum absolute atomic E-state index is 0.115. The molecule has 0 saturated heterocycles. The molecule has 5 nitrogen and oxygen atoms in total. The van der Waals surface area contributed by atoms with E-state index in [-0.39, 0.29) is 23.3 Å². The van der Waals surface area contributed by atoms with Gasteiger partial charge in [-0.3, -0.25) is 4.79 Å². The first-order valence-corrected chi connectivity index (χ1v) is 6.77. The lowest BCUT2D eigenvalue weighted by Crippen LogP contribution is -2.43. The Kier molecular flexibility index (Phi) is 6.42. The minimum atomic E-state index is -1.10. The molecule has 0 aliphatic heterocycles. The zero-order valence-electron chi connectivity index (χ0n) is 11.7. The van der Waals surface area contributed by atoms with Gasteiger partial charge in [-0.05, 0) is 24.5 Å². The number of benzene rings is 1. The fourth-order valence-electron chi connectivity index (χ4n) is 1.64. The van der Waals surface area contributed by atoms with Gasteiger partial charge in [-0.25, -0.2) is 9.18 Å². The van der Waals surface area contributed by atoms with Crippen molar-refractivity contribution in [3.63, 3.8) is 0 Å². The summed E-state index contributed by atoms with van der Waals surface area (Å²) in [6.45, 7) is 3.35. The SMILES string of the molecule is CC(C)CC(NC(=O)COc1ccc(F)c(Cl)c1)C(=O)O. The number of nitrogens with one attached hydrogen (secondary N) is 1. The van der Waals surface area contributed by atoms with Crippen LogP contribution in [0.5, 0.6) is 5.75 Å². The van der Waals surface area contributed by atoms with Crippen molar-refractivity contribution in [1.82, 2.24) is 5.32 Å². The predicted molar refractivity (Wildman–Crippen MR) is 75.9 cm³/mol. The fraction of sp³-hybridized carbons (Fsp3) is 0.429. The van der Waals surface area contributed by atoms with Gasteiger partial charge in [0.05, 0.1) is 5.02 Å². The Bertz CT molecular complexity index is 522. The summed E-state index contributed by atoms with van der Waals surface area (Å²) in [5.41, 5.74) is 0. The minimum Gasteiger partial charge on any atom is -0.484 e. The molecule has 1 unspecified atom stereocenters. The van der Waals surface area contributed by atoms with Crippen LogP contribution in [0.2, 0.25) is 5.02 Å². The second-order valence-electron chi connectivity index (χ2n) is 4.95. The molecule has 0 spiro atoms. The van der Waals surface area contributed by atoms with Crippen LogP contribution in [0.15, 0.2) is 18.2 Å². The monoisotopic (exact) mass is 317 g/mol. The number of rotatable bonds is 7. The van der Waals surface area contributed by atoms with Crippen molar-refractivity contribution in [3.8, 4) is 5.75 Å². The normalized spacial score (nSPS) is 12.0. The maximum atomic E-state index is 12.9. The van der Waals surface area contributed by atoms with Gasteiger partial charge in [-0.15, -0.1) is 0 Å². The topological polar surface area (TPSA) is 75.6 Å². The van der Waals surface area contributed by atoms with Gasteiger partial charge in [-0.1, -0.05) is 25.4 Å². The highest BCUT2D eigenvalue weighted by atomic mass is 35.5. The molecule has 0 aromatic heterocycles. The van der Waals surface area contributed by atoms with E-state index in [1.807, 2.05) is 13.8 Å². The van der Waals surface area contributed by atoms with Gasteiger partial charge < -0.3 is 15.2 Å². The number of amides is 1. The first-order chi connectivity index (χ1) is 9.79. The number of hydrogen-bond acceptors (Lipinski definition) is 3. The van der Waals surface area contributed by atoms with E-state index >= 15 is 0 Å². The van der Waals surface area contributed by atoms with Gasteiger partial charge in [0.1, 0.15) is 17.6 Å². The number of carbonyl (C=O) groups excluding carboxylic acids is 1. The molecule has 0 heterocycles. The Hall–Kier alpha value is -1.82. The predicted octanol–water partition coefficient (Wildman–Crippen LogP) is 2.47. The van der Waals surface area contributed by atoms with E-state index in [9.17, 15) is 14.0 Å². The van der Waals surface area contributed by atoms with E-state index in [4.69, 9.17) is 21.4 Å². The molecule has 0 aliphatic rings. The molecule has 1 rings (SSSR count). The molecule has 1 amide bonds. The van der Waals surface area contributed by atoms with Crippen molar-refractivity contribution >= 4 is 23.5 Å². The van der Waals surface area contributed by atoms with Crippen molar-refractivity contribution < 1.29 is 23.8 Å². The van der Waals surface area contributed by atoms with Crippen molar-refractivity contribution in [2.24, 2.45) is 5.92 Å². The average molecular weight is 318 g/mol. The van der Waals surface area contributed by atoms with Crippen LogP contribution in [-0.4, -0.2) is 29.6 Å². The van der Waals surface area contributed by atoms with Crippen LogP contribution >= 0.6 is 11.6 Å². The maximum Gasteiger partial charge on any atom is 0.326 e. The van der Waals surface area contributed by atoms with Crippen LogP contribution in [0.25, 0.3) is 0 Å². The Morgan fingerprint density at radius 2 is 2.10 bits per heavy atom. The standard InChI is InChI=1S/C14H17ClFNO4/c1-8(2)5-12(14(19)20)17-13(18)7-21-9-3-4-11(16)10(15)6-9/h3-4,6,8,12H,5,7H2,1-2H3,(H,17,18)(H,19,20). The van der Waals surface area contributed by atoms with E-state index < -0.39 is 23.7 Å². The zero-order chi connectivity index (χ0) is 16.0.